The molecule has 6 rings (SSSR count). The molecule has 3 saturated heterocycles. The van der Waals surface area contributed by atoms with Gasteiger partial charge in [-0.3, -0.25) is 14.5 Å². The van der Waals surface area contributed by atoms with Gasteiger partial charge < -0.3 is 20.4 Å². The van der Waals surface area contributed by atoms with E-state index in [1.165, 1.54) is 29.0 Å². The first-order valence-electron chi connectivity index (χ1n) is 15.1. The van der Waals surface area contributed by atoms with Crippen molar-refractivity contribution in [1.82, 2.24) is 30.0 Å². The smallest absolute Gasteiger partial charge is 0.256 e. The highest BCUT2D eigenvalue weighted by atomic mass is 35.5. The first-order valence-corrected chi connectivity index (χ1v) is 16.3. The van der Waals surface area contributed by atoms with Crippen LogP contribution in [-0.4, -0.2) is 88.8 Å². The lowest BCUT2D eigenvalue weighted by Crippen LogP contribution is -2.48. The Bertz CT molecular complexity index is 1420. The summed E-state index contributed by atoms with van der Waals surface area (Å²) in [4.78, 5) is 41.4. The Labute approximate surface area is 260 Å². The van der Waals surface area contributed by atoms with Crippen LogP contribution in [0.3, 0.4) is 0 Å². The number of benzene rings is 1. The fourth-order valence-electron chi connectivity index (χ4n) is 6.32. The second kappa shape index (κ2) is 13.7. The van der Waals surface area contributed by atoms with E-state index in [1.807, 2.05) is 5.38 Å². The van der Waals surface area contributed by atoms with E-state index in [-0.39, 0.29) is 22.4 Å². The van der Waals surface area contributed by atoms with Crippen molar-refractivity contribution >= 4 is 45.7 Å². The molecule has 5 heterocycles. The topological polar surface area (TPSA) is 93.7 Å². The van der Waals surface area contributed by atoms with Crippen LogP contribution in [0, 0.1) is 11.7 Å². The van der Waals surface area contributed by atoms with Crippen molar-refractivity contribution in [3.05, 3.63) is 69.6 Å². The minimum absolute atomic E-state index is 0.0108. The molecule has 9 nitrogen and oxygen atoms in total. The Morgan fingerprint density at radius 3 is 2.51 bits per heavy atom. The quantitative estimate of drug-likeness (QED) is 0.392. The Hall–Kier alpha value is -3.12. The average molecular weight is 626 g/mol. The van der Waals surface area contributed by atoms with Crippen LogP contribution in [-0.2, 0) is 11.3 Å². The minimum atomic E-state index is -0.667. The predicted molar refractivity (Wildman–Crippen MR) is 166 cm³/mol. The number of carbonyl (C=O) groups excluding carboxylic acids is 2. The van der Waals surface area contributed by atoms with Crippen molar-refractivity contribution in [2.75, 3.05) is 57.7 Å². The number of likely N-dealkylation sites (tertiary alicyclic amines) is 1. The molecule has 0 bridgehead atoms. The number of rotatable bonds is 7. The van der Waals surface area contributed by atoms with Gasteiger partial charge in [-0.1, -0.05) is 17.7 Å². The number of amides is 2. The third-order valence-electron chi connectivity index (χ3n) is 8.76. The lowest BCUT2D eigenvalue weighted by Gasteiger charge is -2.36. The molecule has 0 saturated carbocycles. The molecular weight excluding hydrogens is 589 g/mol. The summed E-state index contributed by atoms with van der Waals surface area (Å²) in [5, 5.41) is 9.39. The number of aromatic nitrogens is 2. The van der Waals surface area contributed by atoms with Gasteiger partial charge in [-0.05, 0) is 74.5 Å². The zero-order valence-corrected chi connectivity index (χ0v) is 25.7. The Morgan fingerprint density at radius 1 is 1.02 bits per heavy atom. The maximum Gasteiger partial charge on any atom is 0.256 e. The Kier molecular flexibility index (Phi) is 9.52. The predicted octanol–water partition coefficient (Wildman–Crippen LogP) is 4.74. The lowest BCUT2D eigenvalue weighted by molar-refractivity contribution is -0.137. The van der Waals surface area contributed by atoms with Crippen molar-refractivity contribution in [3.63, 3.8) is 0 Å². The van der Waals surface area contributed by atoms with Crippen LogP contribution in [0.1, 0.15) is 53.2 Å². The number of halogens is 2. The molecule has 2 amide bonds. The Balaban J connectivity index is 1.11. The van der Waals surface area contributed by atoms with E-state index < -0.39 is 5.82 Å². The van der Waals surface area contributed by atoms with Crippen molar-refractivity contribution in [1.29, 1.82) is 0 Å². The molecule has 3 fully saturated rings. The number of piperidine rings is 2. The summed E-state index contributed by atoms with van der Waals surface area (Å²) in [6.45, 7) is 6.36. The molecule has 0 unspecified atom stereocenters. The molecule has 3 aliphatic rings. The van der Waals surface area contributed by atoms with Crippen LogP contribution in [0.15, 0.2) is 41.9 Å². The molecular formula is C31H37ClFN7O2S. The van der Waals surface area contributed by atoms with Crippen molar-refractivity contribution in [2.45, 2.75) is 38.1 Å². The number of nitrogens with one attached hydrogen (secondary N) is 2. The fourth-order valence-corrected chi connectivity index (χ4v) is 7.03. The highest BCUT2D eigenvalue weighted by Crippen LogP contribution is 2.32. The number of nitrogens with zero attached hydrogens (tertiary/aromatic N) is 5. The van der Waals surface area contributed by atoms with Crippen LogP contribution in [0.4, 0.5) is 15.3 Å². The molecule has 3 aliphatic heterocycles. The summed E-state index contributed by atoms with van der Waals surface area (Å²) in [6, 6.07) is 8.84. The molecule has 0 aliphatic carbocycles. The number of hydrogen-bond acceptors (Lipinski definition) is 8. The van der Waals surface area contributed by atoms with Gasteiger partial charge in [-0.25, -0.2) is 14.4 Å². The molecule has 228 valence electrons. The van der Waals surface area contributed by atoms with Gasteiger partial charge in [0.1, 0.15) is 5.82 Å². The van der Waals surface area contributed by atoms with E-state index in [2.05, 4.69) is 37.6 Å². The summed E-state index contributed by atoms with van der Waals surface area (Å²) in [7, 11) is 0. The molecule has 1 aromatic carbocycles. The van der Waals surface area contributed by atoms with Crippen molar-refractivity contribution in [2.24, 2.45) is 5.92 Å². The van der Waals surface area contributed by atoms with E-state index in [0.29, 0.717) is 44.5 Å². The van der Waals surface area contributed by atoms with Crippen LogP contribution in [0.25, 0.3) is 0 Å². The molecule has 3 aromatic rings. The van der Waals surface area contributed by atoms with Gasteiger partial charge in [0.2, 0.25) is 5.91 Å². The third kappa shape index (κ3) is 7.17. The van der Waals surface area contributed by atoms with Gasteiger partial charge in [-0.15, -0.1) is 11.3 Å². The lowest BCUT2D eigenvalue weighted by atomic mass is 9.88. The largest absolute Gasteiger partial charge is 0.342 e. The van der Waals surface area contributed by atoms with Gasteiger partial charge >= 0.3 is 0 Å². The van der Waals surface area contributed by atoms with E-state index in [4.69, 9.17) is 16.6 Å². The summed E-state index contributed by atoms with van der Waals surface area (Å²) < 4.78 is 14.5. The van der Waals surface area contributed by atoms with Crippen LogP contribution in [0.5, 0.6) is 0 Å². The van der Waals surface area contributed by atoms with Gasteiger partial charge in [0, 0.05) is 63.3 Å². The first kappa shape index (κ1) is 29.9. The summed E-state index contributed by atoms with van der Waals surface area (Å²) >= 11 is 7.43. The zero-order valence-electron chi connectivity index (χ0n) is 24.1. The van der Waals surface area contributed by atoms with Crippen molar-refractivity contribution in [3.8, 4) is 0 Å². The number of hydrogen-bond donors (Lipinski definition) is 2. The minimum Gasteiger partial charge on any atom is -0.342 e. The molecule has 2 aromatic heterocycles. The highest BCUT2D eigenvalue weighted by molar-refractivity contribution is 7.13. The van der Waals surface area contributed by atoms with Crippen LogP contribution < -0.4 is 10.6 Å². The third-order valence-corrected chi connectivity index (χ3v) is 9.74. The number of pyridine rings is 1. The summed E-state index contributed by atoms with van der Waals surface area (Å²) in [6.07, 6.45) is 5.48. The monoisotopic (exact) mass is 625 g/mol. The van der Waals surface area contributed by atoms with Crippen LogP contribution in [0.2, 0.25) is 5.02 Å². The van der Waals surface area contributed by atoms with E-state index in [0.717, 1.165) is 68.5 Å². The number of anilines is 2. The second-order valence-corrected chi connectivity index (χ2v) is 12.8. The standard InChI is InChI=1S/C31H37ClFN7O2S/c32-26-3-1-2-25(28(26)33)30(42)40-15-13-38(14-16-40)20-24-18-23(19-27(36-24)37-31-35-10-17-43-31)21-6-11-39(12-7-21)29(41)22-4-8-34-9-5-22/h1-3,10,17-19,21-22,34H,4-9,11-16,20H2,(H,35,36,37). The van der Waals surface area contributed by atoms with Gasteiger partial charge in [0.15, 0.2) is 10.9 Å². The molecule has 12 heteroatoms. The Morgan fingerprint density at radius 2 is 1.79 bits per heavy atom. The molecule has 0 radical (unpaired) electrons. The maximum atomic E-state index is 14.5. The summed E-state index contributed by atoms with van der Waals surface area (Å²) in [5.74, 6) is 0.578. The van der Waals surface area contributed by atoms with Gasteiger partial charge in [-0.2, -0.15) is 0 Å². The van der Waals surface area contributed by atoms with Gasteiger partial charge in [0.05, 0.1) is 16.3 Å². The fraction of sp³-hybridized carbons (Fsp3) is 0.484. The molecule has 0 atom stereocenters. The zero-order chi connectivity index (χ0) is 29.8. The molecule has 43 heavy (non-hydrogen) atoms. The normalized spacial score (nSPS) is 19.0. The average Bonchev–Trinajstić information content (AvgIpc) is 3.55. The highest BCUT2D eigenvalue weighted by Gasteiger charge is 2.30. The maximum absolute atomic E-state index is 14.5. The first-order chi connectivity index (χ1) is 20.9. The number of piperazine rings is 1. The van der Waals surface area contributed by atoms with E-state index >= 15 is 0 Å². The van der Waals surface area contributed by atoms with Crippen LogP contribution >= 0.6 is 22.9 Å². The number of thiazole rings is 1. The summed E-state index contributed by atoms with van der Waals surface area (Å²) in [5.41, 5.74) is 2.19. The van der Waals surface area contributed by atoms with Gasteiger partial charge in [0.25, 0.3) is 5.91 Å². The van der Waals surface area contributed by atoms with Crippen molar-refractivity contribution < 1.29 is 14.0 Å². The molecule has 2 N–H and O–H groups in total. The van der Waals surface area contributed by atoms with E-state index in [9.17, 15) is 14.0 Å². The molecule has 0 spiro atoms. The van der Waals surface area contributed by atoms with E-state index in [1.54, 1.807) is 17.2 Å². The second-order valence-electron chi connectivity index (χ2n) is 11.5. The number of carbonyl (C=O) groups is 2. The SMILES string of the molecule is O=C(c1cccc(Cl)c1F)N1CCN(Cc2cc(C3CCN(C(=O)C4CCNCC4)CC3)cc(Nc3nccs3)n2)CC1.